The van der Waals surface area contributed by atoms with E-state index in [1.54, 1.807) is 43.8 Å². The Kier molecular flexibility index (Phi) is 3.17. The van der Waals surface area contributed by atoms with Gasteiger partial charge < -0.3 is 5.32 Å². The van der Waals surface area contributed by atoms with Crippen molar-refractivity contribution in [2.45, 2.75) is 12.3 Å². The zero-order valence-corrected chi connectivity index (χ0v) is 11.2. The highest BCUT2D eigenvalue weighted by molar-refractivity contribution is 6.32. The van der Waals surface area contributed by atoms with Crippen LogP contribution in [0, 0.1) is 0 Å². The van der Waals surface area contributed by atoms with Crippen molar-refractivity contribution in [1.29, 1.82) is 0 Å². The van der Waals surface area contributed by atoms with Crippen LogP contribution in [-0.4, -0.2) is 20.4 Å². The van der Waals surface area contributed by atoms with Gasteiger partial charge in [0.1, 0.15) is 5.38 Å². The predicted molar refractivity (Wildman–Crippen MR) is 72.1 cm³/mol. The van der Waals surface area contributed by atoms with Crippen LogP contribution >= 0.6 is 11.6 Å². The van der Waals surface area contributed by atoms with E-state index >= 15 is 0 Å². The van der Waals surface area contributed by atoms with E-state index in [1.165, 1.54) is 4.57 Å². The number of nitrogens with one attached hydrogen (secondary N) is 1. The lowest BCUT2D eigenvalue weighted by molar-refractivity contribution is -0.115. The molecule has 0 radical (unpaired) electrons. The van der Waals surface area contributed by atoms with Crippen LogP contribution in [0.2, 0.25) is 0 Å². The second kappa shape index (κ2) is 4.49. The van der Waals surface area contributed by atoms with Gasteiger partial charge in [-0.25, -0.2) is 4.79 Å². The van der Waals surface area contributed by atoms with Crippen LogP contribution in [0.1, 0.15) is 6.92 Å². The molecule has 1 N–H and O–H groups in total. The van der Waals surface area contributed by atoms with E-state index in [0.717, 1.165) is 11.0 Å². The van der Waals surface area contributed by atoms with Crippen LogP contribution in [0.3, 0.4) is 0 Å². The third-order valence-corrected chi connectivity index (χ3v) is 3.10. The Bertz CT molecular complexity index is 670. The number of anilines is 1. The molecule has 6 heteroatoms. The highest BCUT2D eigenvalue weighted by atomic mass is 35.5. The van der Waals surface area contributed by atoms with Gasteiger partial charge >= 0.3 is 5.69 Å². The highest BCUT2D eigenvalue weighted by Gasteiger charge is 2.11. The number of hydrogen-bond donors (Lipinski definition) is 1. The largest absolute Gasteiger partial charge is 0.328 e. The first-order chi connectivity index (χ1) is 8.41. The maximum Gasteiger partial charge on any atom is 0.328 e. The summed E-state index contributed by atoms with van der Waals surface area (Å²) in [5.41, 5.74) is 2.11. The van der Waals surface area contributed by atoms with Crippen molar-refractivity contribution in [3.63, 3.8) is 0 Å². The molecule has 0 unspecified atom stereocenters. The second-order valence-corrected chi connectivity index (χ2v) is 4.86. The van der Waals surface area contributed by atoms with E-state index in [4.69, 9.17) is 11.6 Å². The van der Waals surface area contributed by atoms with Gasteiger partial charge in [0, 0.05) is 19.8 Å². The molecule has 1 aromatic carbocycles. The zero-order chi connectivity index (χ0) is 13.4. The summed E-state index contributed by atoms with van der Waals surface area (Å²) in [4.78, 5) is 23.2. The van der Waals surface area contributed by atoms with Crippen molar-refractivity contribution < 1.29 is 4.79 Å². The SMILES string of the molecule is C[C@@H](Cl)C(=O)Nc1ccc2c(c1)n(C)c(=O)n2C. The fourth-order valence-electron chi connectivity index (χ4n) is 1.83. The first kappa shape index (κ1) is 12.7. The van der Waals surface area contributed by atoms with Gasteiger partial charge in [-0.15, -0.1) is 11.6 Å². The van der Waals surface area contributed by atoms with E-state index in [1.807, 2.05) is 0 Å². The third-order valence-electron chi connectivity index (χ3n) is 2.90. The smallest absolute Gasteiger partial charge is 0.325 e. The molecule has 0 aliphatic rings. The lowest BCUT2D eigenvalue weighted by Gasteiger charge is -2.06. The molecule has 1 atom stereocenters. The molecular formula is C12H14ClN3O2. The van der Waals surface area contributed by atoms with Gasteiger partial charge in [0.15, 0.2) is 0 Å². The van der Waals surface area contributed by atoms with Crippen LogP contribution < -0.4 is 11.0 Å². The second-order valence-electron chi connectivity index (χ2n) is 4.21. The highest BCUT2D eigenvalue weighted by Crippen LogP contribution is 2.18. The quantitative estimate of drug-likeness (QED) is 0.837. The summed E-state index contributed by atoms with van der Waals surface area (Å²) in [7, 11) is 3.41. The summed E-state index contributed by atoms with van der Waals surface area (Å²) in [5, 5.41) is 2.10. The average Bonchev–Trinajstić information content (AvgIpc) is 2.54. The maximum absolute atomic E-state index is 11.7. The molecule has 0 aliphatic heterocycles. The van der Waals surface area contributed by atoms with Crippen molar-refractivity contribution >= 4 is 34.2 Å². The minimum atomic E-state index is -0.597. The van der Waals surface area contributed by atoms with E-state index in [-0.39, 0.29) is 11.6 Å². The van der Waals surface area contributed by atoms with Crippen LogP contribution in [0.15, 0.2) is 23.0 Å². The Morgan fingerprint density at radius 1 is 1.28 bits per heavy atom. The summed E-state index contributed by atoms with van der Waals surface area (Å²) >= 11 is 5.69. The molecule has 1 heterocycles. The van der Waals surface area contributed by atoms with E-state index in [0.29, 0.717) is 5.69 Å². The van der Waals surface area contributed by atoms with E-state index in [9.17, 15) is 9.59 Å². The van der Waals surface area contributed by atoms with E-state index in [2.05, 4.69) is 5.32 Å². The molecule has 96 valence electrons. The van der Waals surface area contributed by atoms with Crippen LogP contribution in [0.25, 0.3) is 11.0 Å². The van der Waals surface area contributed by atoms with E-state index < -0.39 is 5.38 Å². The summed E-state index contributed by atoms with van der Waals surface area (Å²) in [5.74, 6) is -0.267. The molecule has 0 saturated carbocycles. The average molecular weight is 268 g/mol. The number of carbonyl (C=O) groups is 1. The molecule has 0 fully saturated rings. The number of aromatic nitrogens is 2. The topological polar surface area (TPSA) is 56.0 Å². The molecule has 0 bridgehead atoms. The number of rotatable bonds is 2. The fourth-order valence-corrected chi connectivity index (χ4v) is 1.88. The molecule has 1 amide bonds. The lowest BCUT2D eigenvalue weighted by atomic mass is 10.2. The van der Waals surface area contributed by atoms with Gasteiger partial charge in [-0.3, -0.25) is 13.9 Å². The predicted octanol–water partition coefficient (Wildman–Crippen LogP) is 1.44. The molecular weight excluding hydrogens is 254 g/mol. The summed E-state index contributed by atoms with van der Waals surface area (Å²) < 4.78 is 3.10. The minimum absolute atomic E-state index is 0.0980. The Morgan fingerprint density at radius 2 is 1.89 bits per heavy atom. The number of benzene rings is 1. The van der Waals surface area contributed by atoms with Crippen LogP contribution in [-0.2, 0) is 18.9 Å². The van der Waals surface area contributed by atoms with Gasteiger partial charge in [-0.1, -0.05) is 0 Å². The number of carbonyl (C=O) groups excluding carboxylic acids is 1. The van der Waals surface area contributed by atoms with Crippen LogP contribution in [0.4, 0.5) is 5.69 Å². The number of alkyl halides is 1. The zero-order valence-electron chi connectivity index (χ0n) is 10.4. The summed E-state index contributed by atoms with van der Waals surface area (Å²) in [6.07, 6.45) is 0. The normalized spacial score (nSPS) is 12.7. The number of hydrogen-bond acceptors (Lipinski definition) is 2. The molecule has 0 saturated heterocycles. The number of nitrogens with zero attached hydrogens (tertiary/aromatic N) is 2. The van der Waals surface area contributed by atoms with Crippen molar-refractivity contribution in [3.05, 3.63) is 28.7 Å². The first-order valence-electron chi connectivity index (χ1n) is 5.52. The molecule has 5 nitrogen and oxygen atoms in total. The van der Waals surface area contributed by atoms with Gasteiger partial charge in [-0.2, -0.15) is 0 Å². The Labute approximate surface area is 109 Å². The van der Waals surface area contributed by atoms with Crippen molar-refractivity contribution in [2.75, 3.05) is 5.32 Å². The summed E-state index contributed by atoms with van der Waals surface area (Å²) in [6, 6.07) is 5.30. The Hall–Kier alpha value is -1.75. The van der Waals surface area contributed by atoms with Gasteiger partial charge in [-0.05, 0) is 25.1 Å². The number of halogens is 1. The Balaban J connectivity index is 2.48. The van der Waals surface area contributed by atoms with Crippen LogP contribution in [0.5, 0.6) is 0 Å². The fraction of sp³-hybridized carbons (Fsp3) is 0.333. The Morgan fingerprint density at radius 3 is 2.50 bits per heavy atom. The standard InChI is InChI=1S/C12H14ClN3O2/c1-7(13)11(17)14-8-4-5-9-10(6-8)16(3)12(18)15(9)2/h4-7H,1-3H3,(H,14,17)/t7-/m1/s1. The van der Waals surface area contributed by atoms with Crippen molar-refractivity contribution in [1.82, 2.24) is 9.13 Å². The lowest BCUT2D eigenvalue weighted by Crippen LogP contribution is -2.20. The third kappa shape index (κ3) is 2.01. The number of aryl methyl sites for hydroxylation is 2. The maximum atomic E-state index is 11.7. The molecule has 0 aliphatic carbocycles. The minimum Gasteiger partial charge on any atom is -0.325 e. The molecule has 1 aromatic heterocycles. The molecule has 2 aromatic rings. The number of imidazole rings is 1. The van der Waals surface area contributed by atoms with Crippen molar-refractivity contribution in [2.24, 2.45) is 14.1 Å². The monoisotopic (exact) mass is 267 g/mol. The first-order valence-corrected chi connectivity index (χ1v) is 5.96. The van der Waals surface area contributed by atoms with Gasteiger partial charge in [0.25, 0.3) is 0 Å². The van der Waals surface area contributed by atoms with Crippen molar-refractivity contribution in [3.8, 4) is 0 Å². The molecule has 2 rings (SSSR count). The summed E-state index contributed by atoms with van der Waals surface area (Å²) in [6.45, 7) is 1.60. The number of amides is 1. The molecule has 18 heavy (non-hydrogen) atoms. The van der Waals surface area contributed by atoms with Gasteiger partial charge in [0.05, 0.1) is 11.0 Å². The van der Waals surface area contributed by atoms with Gasteiger partial charge in [0.2, 0.25) is 5.91 Å². The number of fused-ring (bicyclic) bond motifs is 1. The molecule has 0 spiro atoms.